The highest BCUT2D eigenvalue weighted by molar-refractivity contribution is 6.33. The molecule has 126 valence electrons. The fourth-order valence-corrected chi connectivity index (χ4v) is 2.54. The molecule has 0 aliphatic carbocycles. The second-order valence-corrected chi connectivity index (χ2v) is 5.74. The number of carbonyl (C=O) groups is 1. The summed E-state index contributed by atoms with van der Waals surface area (Å²) < 4.78 is 12.9. The molecule has 0 spiro atoms. The summed E-state index contributed by atoms with van der Waals surface area (Å²) in [5, 5.41) is 6.55. The van der Waals surface area contributed by atoms with E-state index >= 15 is 0 Å². The zero-order valence-electron chi connectivity index (χ0n) is 12.6. The zero-order valence-corrected chi connectivity index (χ0v) is 13.4. The van der Waals surface area contributed by atoms with E-state index in [2.05, 4.69) is 27.0 Å². The van der Waals surface area contributed by atoms with E-state index in [1.165, 1.54) is 12.1 Å². The monoisotopic (exact) mass is 349 g/mol. The number of benzene rings is 2. The summed E-state index contributed by atoms with van der Waals surface area (Å²) in [6, 6.07) is 12.7. The third kappa shape index (κ3) is 4.01. The Hall–Kier alpha value is -2.19. The Balaban J connectivity index is 1.59. The smallest absolute Gasteiger partial charge is 0.242 e. The quantitative estimate of drug-likeness (QED) is 0.566. The number of nitrogens with one attached hydrogen (secondary N) is 5. The van der Waals surface area contributed by atoms with Crippen LogP contribution in [0.5, 0.6) is 0 Å². The van der Waals surface area contributed by atoms with Gasteiger partial charge in [0.25, 0.3) is 0 Å². The van der Waals surface area contributed by atoms with Gasteiger partial charge in [0.2, 0.25) is 5.91 Å². The molecule has 6 nitrogen and oxygen atoms in total. The third-order valence-corrected chi connectivity index (χ3v) is 3.97. The first-order valence-electron chi connectivity index (χ1n) is 7.43. The van der Waals surface area contributed by atoms with Crippen molar-refractivity contribution in [3.05, 3.63) is 64.9 Å². The molecule has 1 heterocycles. The lowest BCUT2D eigenvalue weighted by Gasteiger charge is -2.20. The Morgan fingerprint density at radius 2 is 1.88 bits per heavy atom. The van der Waals surface area contributed by atoms with Crippen molar-refractivity contribution < 1.29 is 9.18 Å². The Labute approximate surface area is 143 Å². The Kier molecular flexibility index (Phi) is 5.27. The van der Waals surface area contributed by atoms with Crippen LogP contribution in [0.1, 0.15) is 5.56 Å². The van der Waals surface area contributed by atoms with Crippen LogP contribution in [0.25, 0.3) is 0 Å². The zero-order chi connectivity index (χ0) is 16.9. The minimum atomic E-state index is -0.554. The van der Waals surface area contributed by atoms with Gasteiger partial charge in [-0.15, -0.1) is 0 Å². The molecule has 24 heavy (non-hydrogen) atoms. The molecule has 1 aliphatic rings. The summed E-state index contributed by atoms with van der Waals surface area (Å²) in [5.74, 6) is -0.513. The first-order valence-corrected chi connectivity index (χ1v) is 7.80. The SMILES string of the molecule is O=C(NCc1ccc(F)cc1)C1NNNC1Nc1ccccc1Cl. The van der Waals surface area contributed by atoms with Crippen molar-refractivity contribution in [1.29, 1.82) is 0 Å². The molecule has 1 aliphatic heterocycles. The minimum Gasteiger partial charge on any atom is -0.366 e. The van der Waals surface area contributed by atoms with E-state index in [9.17, 15) is 9.18 Å². The highest BCUT2D eigenvalue weighted by atomic mass is 35.5. The summed E-state index contributed by atoms with van der Waals surface area (Å²) in [6.45, 7) is 0.316. The van der Waals surface area contributed by atoms with Crippen LogP contribution in [0.15, 0.2) is 48.5 Å². The third-order valence-electron chi connectivity index (χ3n) is 3.64. The first kappa shape index (κ1) is 16.7. The minimum absolute atomic E-state index is 0.207. The van der Waals surface area contributed by atoms with Gasteiger partial charge in [-0.3, -0.25) is 4.79 Å². The van der Waals surface area contributed by atoms with Gasteiger partial charge in [-0.05, 0) is 29.8 Å². The number of hydrazine groups is 2. The van der Waals surface area contributed by atoms with Crippen molar-refractivity contribution in [2.75, 3.05) is 5.32 Å². The largest absolute Gasteiger partial charge is 0.366 e. The summed E-state index contributed by atoms with van der Waals surface area (Å²) in [5.41, 5.74) is 10.1. The summed E-state index contributed by atoms with van der Waals surface area (Å²) >= 11 is 6.12. The van der Waals surface area contributed by atoms with Gasteiger partial charge in [0, 0.05) is 6.54 Å². The average Bonchev–Trinajstić information content (AvgIpc) is 3.04. The molecule has 0 radical (unpaired) electrons. The van der Waals surface area contributed by atoms with Gasteiger partial charge < -0.3 is 10.6 Å². The number of carbonyl (C=O) groups excluding carboxylic acids is 1. The molecule has 0 bridgehead atoms. The fourth-order valence-electron chi connectivity index (χ4n) is 2.35. The summed E-state index contributed by atoms with van der Waals surface area (Å²) in [7, 11) is 0. The maximum atomic E-state index is 12.9. The van der Waals surface area contributed by atoms with Crippen LogP contribution in [-0.4, -0.2) is 18.1 Å². The van der Waals surface area contributed by atoms with Gasteiger partial charge in [-0.2, -0.15) is 5.53 Å². The predicted octanol–water partition coefficient (Wildman–Crippen LogP) is 1.51. The number of halogens is 2. The topological polar surface area (TPSA) is 77.2 Å². The van der Waals surface area contributed by atoms with Crippen LogP contribution in [0, 0.1) is 5.82 Å². The lowest BCUT2D eigenvalue weighted by atomic mass is 10.2. The van der Waals surface area contributed by atoms with Crippen molar-refractivity contribution in [3.63, 3.8) is 0 Å². The summed E-state index contributed by atoms with van der Waals surface area (Å²) in [6.07, 6.45) is -0.391. The van der Waals surface area contributed by atoms with Crippen LogP contribution in [0.3, 0.4) is 0 Å². The second-order valence-electron chi connectivity index (χ2n) is 5.34. The van der Waals surface area contributed by atoms with Crippen LogP contribution in [-0.2, 0) is 11.3 Å². The number of hydrogen-bond acceptors (Lipinski definition) is 5. The number of hydrogen-bond donors (Lipinski definition) is 5. The van der Waals surface area contributed by atoms with Crippen molar-refractivity contribution >= 4 is 23.2 Å². The average molecular weight is 350 g/mol. The van der Waals surface area contributed by atoms with E-state index in [1.54, 1.807) is 18.2 Å². The van der Waals surface area contributed by atoms with E-state index in [1.807, 2.05) is 18.2 Å². The normalized spacial score (nSPS) is 19.9. The van der Waals surface area contributed by atoms with E-state index in [4.69, 9.17) is 11.6 Å². The van der Waals surface area contributed by atoms with Crippen LogP contribution in [0.4, 0.5) is 10.1 Å². The Morgan fingerprint density at radius 1 is 1.12 bits per heavy atom. The van der Waals surface area contributed by atoms with Crippen molar-refractivity contribution in [2.45, 2.75) is 18.8 Å². The molecular weight excluding hydrogens is 333 g/mol. The lowest BCUT2D eigenvalue weighted by Crippen LogP contribution is -2.50. The molecule has 2 atom stereocenters. The van der Waals surface area contributed by atoms with Gasteiger partial charge in [0.1, 0.15) is 18.0 Å². The van der Waals surface area contributed by atoms with Gasteiger partial charge in [0.05, 0.1) is 10.7 Å². The van der Waals surface area contributed by atoms with Crippen LogP contribution >= 0.6 is 11.6 Å². The number of para-hydroxylation sites is 1. The number of amides is 1. The number of rotatable bonds is 5. The Bertz CT molecular complexity index is 712. The van der Waals surface area contributed by atoms with Crippen LogP contribution in [0.2, 0.25) is 5.02 Å². The lowest BCUT2D eigenvalue weighted by molar-refractivity contribution is -0.123. The van der Waals surface area contributed by atoms with E-state index in [0.29, 0.717) is 11.6 Å². The molecule has 3 rings (SSSR count). The molecular formula is C16H17ClFN5O. The molecule has 0 aromatic heterocycles. The standard InChI is InChI=1S/C16H17ClFN5O/c17-12-3-1-2-4-13(12)20-15-14(21-23-22-15)16(24)19-9-10-5-7-11(18)8-6-10/h1-8,14-15,20-23H,9H2,(H,19,24). The number of anilines is 1. The maximum absolute atomic E-state index is 12.9. The van der Waals surface area contributed by atoms with Gasteiger partial charge in [0.15, 0.2) is 0 Å². The van der Waals surface area contributed by atoms with Gasteiger partial charge in [-0.1, -0.05) is 35.9 Å². The summed E-state index contributed by atoms with van der Waals surface area (Å²) in [4.78, 5) is 12.4. The first-order chi connectivity index (χ1) is 11.6. The van der Waals surface area contributed by atoms with Gasteiger partial charge in [-0.25, -0.2) is 15.2 Å². The molecule has 8 heteroatoms. The molecule has 2 aromatic rings. The Morgan fingerprint density at radius 3 is 2.62 bits per heavy atom. The second kappa shape index (κ2) is 7.59. The molecule has 2 unspecified atom stereocenters. The van der Waals surface area contributed by atoms with Crippen LogP contribution < -0.4 is 27.0 Å². The van der Waals surface area contributed by atoms with Crippen molar-refractivity contribution in [1.82, 2.24) is 21.7 Å². The maximum Gasteiger partial charge on any atom is 0.242 e. The fraction of sp³-hybridized carbons (Fsp3) is 0.188. The molecule has 1 fully saturated rings. The van der Waals surface area contributed by atoms with Crippen molar-refractivity contribution in [2.24, 2.45) is 0 Å². The molecule has 5 N–H and O–H groups in total. The highest BCUT2D eigenvalue weighted by Crippen LogP contribution is 2.21. The van der Waals surface area contributed by atoms with E-state index in [-0.39, 0.29) is 11.7 Å². The highest BCUT2D eigenvalue weighted by Gasteiger charge is 2.32. The van der Waals surface area contributed by atoms with E-state index in [0.717, 1.165) is 11.3 Å². The van der Waals surface area contributed by atoms with Crippen molar-refractivity contribution in [3.8, 4) is 0 Å². The molecule has 1 saturated heterocycles. The molecule has 2 aromatic carbocycles. The molecule has 0 saturated carbocycles. The molecule has 1 amide bonds. The van der Waals surface area contributed by atoms with E-state index < -0.39 is 12.2 Å². The predicted molar refractivity (Wildman–Crippen MR) is 90.3 cm³/mol. The van der Waals surface area contributed by atoms with Gasteiger partial charge >= 0.3 is 0 Å².